The van der Waals surface area contributed by atoms with Crippen LogP contribution in [0.1, 0.15) is 82.3 Å². The molecule has 0 aliphatic carbocycles. The van der Waals surface area contributed by atoms with Gasteiger partial charge in [0.1, 0.15) is 0 Å². The number of nitrogens with one attached hydrogen (secondary N) is 2. The van der Waals surface area contributed by atoms with Crippen LogP contribution in [0.4, 0.5) is 5.69 Å². The molecule has 0 radical (unpaired) electrons. The van der Waals surface area contributed by atoms with Crippen LogP contribution in [-0.2, 0) is 0 Å². The van der Waals surface area contributed by atoms with Crippen molar-refractivity contribution in [2.75, 3.05) is 11.9 Å². The van der Waals surface area contributed by atoms with Crippen LogP contribution in [0.2, 0.25) is 0 Å². The van der Waals surface area contributed by atoms with E-state index in [9.17, 15) is 0 Å². The Morgan fingerprint density at radius 1 is 0.875 bits per heavy atom. The summed E-state index contributed by atoms with van der Waals surface area (Å²) in [4.78, 5) is 0. The van der Waals surface area contributed by atoms with Crippen LogP contribution in [0, 0.1) is 13.8 Å². The normalized spacial score (nSPS) is 10.6. The summed E-state index contributed by atoms with van der Waals surface area (Å²) in [7, 11) is 0. The van der Waals surface area contributed by atoms with Gasteiger partial charge >= 0.3 is 0 Å². The van der Waals surface area contributed by atoms with Crippen molar-refractivity contribution >= 4 is 23.0 Å². The highest BCUT2D eigenvalue weighted by Gasteiger charge is 2.02. The van der Waals surface area contributed by atoms with Crippen LogP contribution >= 0.6 is 12.2 Å². The SMILES string of the molecule is CCCCCCCCCCCCNC(=S)Nc1cccc(C)c1C. The molecule has 0 unspecified atom stereocenters. The molecule has 1 aromatic rings. The molecule has 0 saturated heterocycles. The summed E-state index contributed by atoms with van der Waals surface area (Å²) in [6, 6.07) is 6.27. The Balaban J connectivity index is 1.99. The van der Waals surface area contributed by atoms with E-state index in [0.29, 0.717) is 0 Å². The van der Waals surface area contributed by atoms with Crippen molar-refractivity contribution < 1.29 is 0 Å². The van der Waals surface area contributed by atoms with Crippen molar-refractivity contribution in [2.24, 2.45) is 0 Å². The largest absolute Gasteiger partial charge is 0.362 e. The quantitative estimate of drug-likeness (QED) is 0.332. The van der Waals surface area contributed by atoms with Crippen LogP contribution in [0.25, 0.3) is 0 Å². The maximum atomic E-state index is 5.39. The fourth-order valence-electron chi connectivity index (χ4n) is 2.87. The molecule has 0 aromatic heterocycles. The predicted molar refractivity (Wildman–Crippen MR) is 112 cm³/mol. The van der Waals surface area contributed by atoms with Gasteiger partial charge in [0.05, 0.1) is 0 Å². The lowest BCUT2D eigenvalue weighted by atomic mass is 10.1. The zero-order chi connectivity index (χ0) is 17.6. The summed E-state index contributed by atoms with van der Waals surface area (Å²) in [5.74, 6) is 0. The van der Waals surface area contributed by atoms with Crippen molar-refractivity contribution in [1.82, 2.24) is 5.32 Å². The Labute approximate surface area is 154 Å². The van der Waals surface area contributed by atoms with Crippen molar-refractivity contribution in [2.45, 2.75) is 85.0 Å². The summed E-state index contributed by atoms with van der Waals surface area (Å²) in [6.07, 6.45) is 13.7. The molecular formula is C21H36N2S. The molecule has 1 aromatic carbocycles. The molecule has 0 fully saturated rings. The second-order valence-electron chi connectivity index (χ2n) is 6.81. The Hall–Kier alpha value is -1.09. The third-order valence-electron chi connectivity index (χ3n) is 4.67. The molecular weight excluding hydrogens is 312 g/mol. The van der Waals surface area contributed by atoms with Crippen LogP contribution in [0.5, 0.6) is 0 Å². The highest BCUT2D eigenvalue weighted by atomic mass is 32.1. The molecule has 0 spiro atoms. The molecule has 0 saturated carbocycles. The number of unbranched alkanes of at least 4 members (excludes halogenated alkanes) is 9. The summed E-state index contributed by atoms with van der Waals surface area (Å²) < 4.78 is 0. The number of thiocarbonyl (C=S) groups is 1. The highest BCUT2D eigenvalue weighted by Crippen LogP contribution is 2.17. The smallest absolute Gasteiger partial charge is 0.170 e. The third-order valence-corrected chi connectivity index (χ3v) is 4.92. The van der Waals surface area contributed by atoms with Crippen LogP contribution in [0.15, 0.2) is 18.2 Å². The van der Waals surface area contributed by atoms with E-state index in [4.69, 9.17) is 12.2 Å². The second kappa shape index (κ2) is 13.2. The number of hydrogen-bond donors (Lipinski definition) is 2. The first-order valence-electron chi connectivity index (χ1n) is 9.76. The molecule has 1 rings (SSSR count). The van der Waals surface area contributed by atoms with Gasteiger partial charge in [-0.1, -0.05) is 76.8 Å². The summed E-state index contributed by atoms with van der Waals surface area (Å²) in [5.41, 5.74) is 3.66. The van der Waals surface area contributed by atoms with E-state index in [0.717, 1.165) is 17.3 Å². The van der Waals surface area contributed by atoms with E-state index < -0.39 is 0 Å². The molecule has 0 aliphatic rings. The van der Waals surface area contributed by atoms with Gasteiger partial charge in [-0.25, -0.2) is 0 Å². The van der Waals surface area contributed by atoms with Crippen molar-refractivity contribution in [3.05, 3.63) is 29.3 Å². The number of hydrogen-bond acceptors (Lipinski definition) is 1. The number of anilines is 1. The van der Waals surface area contributed by atoms with Gasteiger partial charge in [-0.3, -0.25) is 0 Å². The van der Waals surface area contributed by atoms with Crippen LogP contribution in [-0.4, -0.2) is 11.7 Å². The average molecular weight is 349 g/mol. The van der Waals surface area contributed by atoms with Crippen LogP contribution in [0.3, 0.4) is 0 Å². The van der Waals surface area contributed by atoms with E-state index in [-0.39, 0.29) is 0 Å². The maximum absolute atomic E-state index is 5.39. The van der Waals surface area contributed by atoms with E-state index in [1.54, 1.807) is 0 Å². The Kier molecular flexibility index (Phi) is 11.5. The minimum absolute atomic E-state index is 0.736. The first-order chi connectivity index (χ1) is 11.6. The van der Waals surface area contributed by atoms with Gasteiger partial charge < -0.3 is 10.6 Å². The lowest BCUT2D eigenvalue weighted by molar-refractivity contribution is 0.555. The highest BCUT2D eigenvalue weighted by molar-refractivity contribution is 7.80. The maximum Gasteiger partial charge on any atom is 0.170 e. The van der Waals surface area contributed by atoms with Gasteiger partial charge in [-0.05, 0) is 49.7 Å². The monoisotopic (exact) mass is 348 g/mol. The lowest BCUT2D eigenvalue weighted by Crippen LogP contribution is -2.29. The van der Waals surface area contributed by atoms with E-state index in [2.05, 4.69) is 49.6 Å². The predicted octanol–water partition coefficient (Wildman–Crippen LogP) is 6.51. The zero-order valence-corrected chi connectivity index (χ0v) is 16.7. The molecule has 0 aliphatic heterocycles. The summed E-state index contributed by atoms with van der Waals surface area (Å²) in [5, 5.41) is 7.37. The standard InChI is InChI=1S/C21H36N2S/c1-4-5-6-7-8-9-10-11-12-13-17-22-21(24)23-20-16-14-15-18(2)19(20)3/h14-16H,4-13,17H2,1-3H3,(H2,22,23,24). The van der Waals surface area contributed by atoms with Gasteiger partial charge in [0.15, 0.2) is 5.11 Å². The third kappa shape index (κ3) is 9.27. The molecule has 2 N–H and O–H groups in total. The molecule has 3 heteroatoms. The molecule has 0 atom stereocenters. The topological polar surface area (TPSA) is 24.1 Å². The van der Waals surface area contributed by atoms with Crippen molar-refractivity contribution in [1.29, 1.82) is 0 Å². The molecule has 136 valence electrons. The first kappa shape index (κ1) is 21.0. The average Bonchev–Trinajstić information content (AvgIpc) is 2.57. The van der Waals surface area contributed by atoms with Gasteiger partial charge in [-0.2, -0.15) is 0 Å². The Bertz CT molecular complexity index is 471. The molecule has 2 nitrogen and oxygen atoms in total. The Morgan fingerprint density at radius 3 is 2.08 bits per heavy atom. The molecule has 0 bridgehead atoms. The van der Waals surface area contributed by atoms with Gasteiger partial charge in [0, 0.05) is 12.2 Å². The van der Waals surface area contributed by atoms with E-state index >= 15 is 0 Å². The van der Waals surface area contributed by atoms with Gasteiger partial charge in [-0.15, -0.1) is 0 Å². The minimum Gasteiger partial charge on any atom is -0.362 e. The molecule has 0 heterocycles. The van der Waals surface area contributed by atoms with Crippen LogP contribution < -0.4 is 10.6 Å². The molecule has 24 heavy (non-hydrogen) atoms. The van der Waals surface area contributed by atoms with Crippen molar-refractivity contribution in [3.8, 4) is 0 Å². The fraction of sp³-hybridized carbons (Fsp3) is 0.667. The first-order valence-corrected chi connectivity index (χ1v) is 10.2. The minimum atomic E-state index is 0.736. The number of aryl methyl sites for hydroxylation is 1. The van der Waals surface area contributed by atoms with E-state index in [1.165, 1.54) is 75.3 Å². The van der Waals surface area contributed by atoms with Gasteiger partial charge in [0.25, 0.3) is 0 Å². The molecule has 0 amide bonds. The zero-order valence-electron chi connectivity index (χ0n) is 15.9. The summed E-state index contributed by atoms with van der Waals surface area (Å²) >= 11 is 5.39. The summed E-state index contributed by atoms with van der Waals surface area (Å²) in [6.45, 7) is 7.49. The number of rotatable bonds is 12. The van der Waals surface area contributed by atoms with E-state index in [1.807, 2.05) is 0 Å². The Morgan fingerprint density at radius 2 is 1.46 bits per heavy atom. The van der Waals surface area contributed by atoms with Gasteiger partial charge in [0.2, 0.25) is 0 Å². The van der Waals surface area contributed by atoms with Crippen molar-refractivity contribution in [3.63, 3.8) is 0 Å². The second-order valence-corrected chi connectivity index (χ2v) is 7.22. The lowest BCUT2D eigenvalue weighted by Gasteiger charge is -2.13. The number of benzene rings is 1. The fourth-order valence-corrected chi connectivity index (χ4v) is 3.08.